The molecule has 1 atom stereocenters. The van der Waals surface area contributed by atoms with Gasteiger partial charge in [0.2, 0.25) is 0 Å². The van der Waals surface area contributed by atoms with Gasteiger partial charge in [-0.2, -0.15) is 0 Å². The van der Waals surface area contributed by atoms with Crippen molar-refractivity contribution in [1.82, 2.24) is 0 Å². The average Bonchev–Trinajstić information content (AvgIpc) is 2.87. The molecule has 0 aromatic heterocycles. The summed E-state index contributed by atoms with van der Waals surface area (Å²) < 4.78 is 16.0. The minimum atomic E-state index is -0.689. The maximum absolute atomic E-state index is 12.0. The van der Waals surface area contributed by atoms with E-state index in [1.54, 1.807) is 0 Å². The molecule has 0 aromatic carbocycles. The van der Waals surface area contributed by atoms with Crippen molar-refractivity contribution in [3.8, 4) is 0 Å². The molecule has 1 fully saturated rings. The van der Waals surface area contributed by atoms with E-state index in [1.165, 1.54) is 7.11 Å². The van der Waals surface area contributed by atoms with Crippen LogP contribution >= 0.6 is 0 Å². The predicted molar refractivity (Wildman–Crippen MR) is 72.9 cm³/mol. The summed E-state index contributed by atoms with van der Waals surface area (Å²) in [6.07, 6.45) is 4.77. The molecule has 0 aromatic rings. The first-order valence-electron chi connectivity index (χ1n) is 6.80. The third kappa shape index (κ3) is 3.11. The van der Waals surface area contributed by atoms with E-state index >= 15 is 0 Å². The second kappa shape index (κ2) is 5.68. The van der Waals surface area contributed by atoms with Crippen molar-refractivity contribution < 1.29 is 24.1 Å². The normalized spacial score (nSPS) is 28.8. The number of carbonyl (C=O) groups excluding carboxylic acids is 1. The largest absolute Gasteiger partial charge is 0.466 e. The quantitative estimate of drug-likeness (QED) is 0.793. The van der Waals surface area contributed by atoms with Crippen LogP contribution in [0.1, 0.15) is 26.7 Å². The van der Waals surface area contributed by atoms with E-state index in [4.69, 9.17) is 14.2 Å². The van der Waals surface area contributed by atoms with Gasteiger partial charge in [-0.25, -0.2) is 4.79 Å². The third-order valence-corrected chi connectivity index (χ3v) is 3.86. The summed E-state index contributed by atoms with van der Waals surface area (Å²) in [5.41, 5.74) is 1.02. The number of carbonyl (C=O) groups is 1. The number of methoxy groups -OCH3 is 1. The van der Waals surface area contributed by atoms with Crippen LogP contribution in [0.15, 0.2) is 23.3 Å². The van der Waals surface area contributed by atoms with E-state index in [9.17, 15) is 9.90 Å². The van der Waals surface area contributed by atoms with Crippen LogP contribution in [0.2, 0.25) is 0 Å². The fourth-order valence-corrected chi connectivity index (χ4v) is 2.58. The van der Waals surface area contributed by atoms with Gasteiger partial charge < -0.3 is 19.3 Å². The van der Waals surface area contributed by atoms with Crippen LogP contribution in [0.3, 0.4) is 0 Å². The molecule has 112 valence electrons. The van der Waals surface area contributed by atoms with Crippen molar-refractivity contribution in [3.63, 3.8) is 0 Å². The Morgan fingerprint density at radius 2 is 2.05 bits per heavy atom. The van der Waals surface area contributed by atoms with Gasteiger partial charge in [0.1, 0.15) is 0 Å². The zero-order valence-electron chi connectivity index (χ0n) is 12.3. The van der Waals surface area contributed by atoms with Gasteiger partial charge >= 0.3 is 5.97 Å². The van der Waals surface area contributed by atoms with Crippen molar-refractivity contribution in [3.05, 3.63) is 23.3 Å². The summed E-state index contributed by atoms with van der Waals surface area (Å²) in [4.78, 5) is 12.0. The Morgan fingerprint density at radius 1 is 1.40 bits per heavy atom. The molecule has 1 N–H and O–H groups in total. The first kappa shape index (κ1) is 15.2. The van der Waals surface area contributed by atoms with Crippen molar-refractivity contribution in [2.45, 2.75) is 32.5 Å². The molecule has 0 bridgehead atoms. The lowest BCUT2D eigenvalue weighted by molar-refractivity contribution is -0.141. The van der Waals surface area contributed by atoms with E-state index in [0.717, 1.165) is 5.57 Å². The van der Waals surface area contributed by atoms with Crippen LogP contribution < -0.4 is 0 Å². The Morgan fingerprint density at radius 3 is 2.60 bits per heavy atom. The minimum absolute atomic E-state index is 0.0124. The number of aliphatic hydroxyl groups is 1. The standard InChI is InChI=1S/C15H22O5/c1-14(10-16)5-4-11(12(9-14)13(17)18-3)8-15(2)19-6-7-20-15/h4-5,16H,6-10H2,1-3H3. The molecule has 0 saturated carbocycles. The zero-order valence-corrected chi connectivity index (χ0v) is 12.3. The lowest BCUT2D eigenvalue weighted by atomic mass is 9.77. The lowest BCUT2D eigenvalue weighted by Crippen LogP contribution is -2.30. The highest BCUT2D eigenvalue weighted by Crippen LogP contribution is 2.38. The molecule has 1 aliphatic carbocycles. The number of rotatable bonds is 4. The van der Waals surface area contributed by atoms with Crippen molar-refractivity contribution in [2.75, 3.05) is 26.9 Å². The number of aliphatic hydroxyl groups excluding tert-OH is 1. The van der Waals surface area contributed by atoms with Crippen LogP contribution in [-0.2, 0) is 19.0 Å². The van der Waals surface area contributed by atoms with Gasteiger partial charge in [-0.3, -0.25) is 0 Å². The van der Waals surface area contributed by atoms with Crippen molar-refractivity contribution >= 4 is 5.97 Å². The Bertz CT molecular complexity index is 445. The topological polar surface area (TPSA) is 65.0 Å². The number of hydrogen-bond acceptors (Lipinski definition) is 5. The van der Waals surface area contributed by atoms with Crippen LogP contribution in [0.25, 0.3) is 0 Å². The molecule has 1 unspecified atom stereocenters. The molecule has 1 heterocycles. The Hall–Kier alpha value is -1.17. The summed E-state index contributed by atoms with van der Waals surface area (Å²) in [5.74, 6) is -1.04. The molecule has 2 rings (SSSR count). The maximum atomic E-state index is 12.0. The van der Waals surface area contributed by atoms with Crippen LogP contribution in [0.4, 0.5) is 0 Å². The summed E-state index contributed by atoms with van der Waals surface area (Å²) >= 11 is 0. The number of hydrogen-bond donors (Lipinski definition) is 1. The first-order chi connectivity index (χ1) is 9.41. The maximum Gasteiger partial charge on any atom is 0.334 e. The van der Waals surface area contributed by atoms with E-state index in [2.05, 4.69) is 0 Å². The smallest absolute Gasteiger partial charge is 0.334 e. The number of allylic oxidation sites excluding steroid dienone is 1. The Kier molecular flexibility index (Phi) is 4.32. The molecule has 5 nitrogen and oxygen atoms in total. The molecule has 0 radical (unpaired) electrons. The fourth-order valence-electron chi connectivity index (χ4n) is 2.58. The van der Waals surface area contributed by atoms with E-state index in [0.29, 0.717) is 31.6 Å². The second-order valence-corrected chi connectivity index (χ2v) is 5.83. The zero-order chi connectivity index (χ0) is 14.8. The van der Waals surface area contributed by atoms with Crippen molar-refractivity contribution in [2.24, 2.45) is 5.41 Å². The summed E-state index contributed by atoms with van der Waals surface area (Å²) in [6, 6.07) is 0. The molecular formula is C15H22O5. The molecule has 0 spiro atoms. The average molecular weight is 282 g/mol. The van der Waals surface area contributed by atoms with Gasteiger partial charge in [-0.05, 0) is 18.9 Å². The monoisotopic (exact) mass is 282 g/mol. The SMILES string of the molecule is COC(=O)C1=C(CC2(C)OCCO2)C=CC(C)(CO)C1. The molecular weight excluding hydrogens is 260 g/mol. The molecule has 2 aliphatic rings. The van der Waals surface area contributed by atoms with Gasteiger partial charge in [-0.1, -0.05) is 19.1 Å². The fraction of sp³-hybridized carbons (Fsp3) is 0.667. The minimum Gasteiger partial charge on any atom is -0.466 e. The van der Waals surface area contributed by atoms with E-state index in [-0.39, 0.29) is 12.6 Å². The highest BCUT2D eigenvalue weighted by molar-refractivity contribution is 5.90. The predicted octanol–water partition coefficient (Wildman–Crippen LogP) is 1.57. The third-order valence-electron chi connectivity index (χ3n) is 3.86. The lowest BCUT2D eigenvalue weighted by Gasteiger charge is -2.31. The number of ether oxygens (including phenoxy) is 3. The van der Waals surface area contributed by atoms with Gasteiger partial charge in [0.05, 0.1) is 26.9 Å². The number of esters is 1. The first-order valence-corrected chi connectivity index (χ1v) is 6.80. The highest BCUT2D eigenvalue weighted by atomic mass is 16.7. The molecule has 20 heavy (non-hydrogen) atoms. The summed E-state index contributed by atoms with van der Waals surface area (Å²) in [5, 5.41) is 9.47. The van der Waals surface area contributed by atoms with Crippen LogP contribution in [0, 0.1) is 5.41 Å². The van der Waals surface area contributed by atoms with Gasteiger partial charge in [0.25, 0.3) is 0 Å². The Labute approximate surface area is 119 Å². The van der Waals surface area contributed by atoms with Gasteiger partial charge in [0.15, 0.2) is 5.79 Å². The summed E-state index contributed by atoms with van der Waals surface area (Å²) in [6.45, 7) is 4.90. The second-order valence-electron chi connectivity index (χ2n) is 5.83. The summed E-state index contributed by atoms with van der Waals surface area (Å²) in [7, 11) is 1.37. The molecule has 5 heteroatoms. The van der Waals surface area contributed by atoms with Crippen LogP contribution in [0.5, 0.6) is 0 Å². The van der Waals surface area contributed by atoms with Crippen LogP contribution in [-0.4, -0.2) is 43.8 Å². The van der Waals surface area contributed by atoms with Gasteiger partial charge in [-0.15, -0.1) is 0 Å². The van der Waals surface area contributed by atoms with Crippen molar-refractivity contribution in [1.29, 1.82) is 0 Å². The van der Waals surface area contributed by atoms with E-state index in [1.807, 2.05) is 26.0 Å². The molecule has 0 amide bonds. The highest BCUT2D eigenvalue weighted by Gasteiger charge is 2.36. The molecule has 1 aliphatic heterocycles. The van der Waals surface area contributed by atoms with Gasteiger partial charge in [0, 0.05) is 17.4 Å². The molecule has 1 saturated heterocycles. The van der Waals surface area contributed by atoms with E-state index < -0.39 is 11.2 Å². The Balaban J connectivity index is 2.26.